The number of hydrogen-bond acceptors (Lipinski definition) is 4. The van der Waals surface area contributed by atoms with Crippen molar-refractivity contribution in [3.05, 3.63) is 29.7 Å². The summed E-state index contributed by atoms with van der Waals surface area (Å²) in [5, 5.41) is 0.963. The van der Waals surface area contributed by atoms with Crippen LogP contribution in [0.25, 0.3) is 10.9 Å². The minimum absolute atomic E-state index is 0.507. The van der Waals surface area contributed by atoms with Gasteiger partial charge in [-0.25, -0.2) is 9.97 Å². The number of benzene rings is 1. The van der Waals surface area contributed by atoms with E-state index in [1.54, 1.807) is 7.11 Å². The predicted octanol–water partition coefficient (Wildman–Crippen LogP) is 2.72. The van der Waals surface area contributed by atoms with E-state index in [-0.39, 0.29) is 0 Å². The van der Waals surface area contributed by atoms with E-state index in [1.807, 2.05) is 25.3 Å². The number of methoxy groups -OCH3 is 1. The lowest BCUT2D eigenvalue weighted by Gasteiger charge is -2.09. The Hall–Kier alpha value is -2.12. The van der Waals surface area contributed by atoms with Gasteiger partial charge in [0, 0.05) is 24.6 Å². The molecule has 4 heteroatoms. The molecule has 1 heterocycles. The number of hydrogen-bond donors (Lipinski definition) is 0. The zero-order valence-electron chi connectivity index (χ0n) is 12.3. The van der Waals surface area contributed by atoms with Crippen LogP contribution in [0.4, 0.5) is 0 Å². The van der Waals surface area contributed by atoms with Gasteiger partial charge in [0.1, 0.15) is 18.2 Å². The molecule has 0 spiro atoms. The fourth-order valence-electron chi connectivity index (χ4n) is 2.01. The first-order valence-corrected chi connectivity index (χ1v) is 7.17. The normalized spacial score (nSPS) is 13.8. The van der Waals surface area contributed by atoms with Gasteiger partial charge in [0.2, 0.25) is 0 Å². The summed E-state index contributed by atoms with van der Waals surface area (Å²) in [4.78, 5) is 8.69. The number of aryl methyl sites for hydroxylation is 1. The molecule has 108 valence electrons. The van der Waals surface area contributed by atoms with Crippen LogP contribution in [0.1, 0.15) is 24.2 Å². The van der Waals surface area contributed by atoms with Crippen LogP contribution in [0.2, 0.25) is 0 Å². The highest BCUT2D eigenvalue weighted by Gasteiger charge is 2.18. The Labute approximate surface area is 124 Å². The molecular weight excluding hydrogens is 264 g/mol. The first kappa shape index (κ1) is 13.8. The summed E-state index contributed by atoms with van der Waals surface area (Å²) in [6.07, 6.45) is 4.24. The third-order valence-corrected chi connectivity index (χ3v) is 3.33. The Balaban J connectivity index is 1.97. The van der Waals surface area contributed by atoms with Gasteiger partial charge in [0.05, 0.1) is 17.7 Å². The van der Waals surface area contributed by atoms with E-state index in [0.717, 1.165) is 28.0 Å². The van der Waals surface area contributed by atoms with E-state index in [2.05, 4.69) is 21.8 Å². The summed E-state index contributed by atoms with van der Waals surface area (Å²) in [5.41, 5.74) is 1.80. The Morgan fingerprint density at radius 3 is 2.90 bits per heavy atom. The Morgan fingerprint density at radius 2 is 2.14 bits per heavy atom. The van der Waals surface area contributed by atoms with Crippen LogP contribution in [-0.2, 0) is 4.74 Å². The molecule has 1 aliphatic rings. The van der Waals surface area contributed by atoms with Gasteiger partial charge in [0.15, 0.2) is 0 Å². The zero-order valence-corrected chi connectivity index (χ0v) is 12.3. The summed E-state index contributed by atoms with van der Waals surface area (Å²) < 4.78 is 10.8. The smallest absolute Gasteiger partial charge is 0.135 e. The minimum Gasteiger partial charge on any atom is -0.490 e. The van der Waals surface area contributed by atoms with Gasteiger partial charge in [-0.1, -0.05) is 11.8 Å². The first-order valence-electron chi connectivity index (χ1n) is 7.17. The second-order valence-corrected chi connectivity index (χ2v) is 5.21. The van der Waals surface area contributed by atoms with E-state index in [0.29, 0.717) is 19.1 Å². The highest BCUT2D eigenvalue weighted by molar-refractivity contribution is 5.82. The van der Waals surface area contributed by atoms with Gasteiger partial charge >= 0.3 is 0 Å². The molecule has 4 nitrogen and oxygen atoms in total. The average Bonchev–Trinajstić information content (AvgIpc) is 3.29. The largest absolute Gasteiger partial charge is 0.490 e. The van der Waals surface area contributed by atoms with E-state index in [9.17, 15) is 0 Å². The van der Waals surface area contributed by atoms with E-state index in [1.165, 1.54) is 12.8 Å². The summed E-state index contributed by atoms with van der Waals surface area (Å²) in [6, 6.07) is 3.95. The highest BCUT2D eigenvalue weighted by Crippen LogP contribution is 2.29. The van der Waals surface area contributed by atoms with E-state index in [4.69, 9.17) is 9.47 Å². The maximum atomic E-state index is 5.79. The van der Waals surface area contributed by atoms with Crippen LogP contribution < -0.4 is 4.74 Å². The first-order chi connectivity index (χ1) is 10.3. The molecule has 0 atom stereocenters. The van der Waals surface area contributed by atoms with Crippen molar-refractivity contribution in [2.45, 2.75) is 19.8 Å². The molecule has 0 saturated heterocycles. The van der Waals surface area contributed by atoms with E-state index < -0.39 is 0 Å². The molecule has 0 amide bonds. The fraction of sp³-hybridized carbons (Fsp3) is 0.412. The van der Waals surface area contributed by atoms with Gasteiger partial charge in [0.25, 0.3) is 0 Å². The number of ether oxygens (including phenoxy) is 2. The van der Waals surface area contributed by atoms with Crippen molar-refractivity contribution in [2.24, 2.45) is 5.92 Å². The molecule has 3 rings (SSSR count). The van der Waals surface area contributed by atoms with Crippen molar-refractivity contribution in [3.8, 4) is 17.6 Å². The van der Waals surface area contributed by atoms with Crippen molar-refractivity contribution in [3.63, 3.8) is 0 Å². The number of aromatic nitrogens is 2. The average molecular weight is 282 g/mol. The second-order valence-electron chi connectivity index (χ2n) is 5.21. The minimum atomic E-state index is 0.507. The van der Waals surface area contributed by atoms with Crippen LogP contribution in [0.5, 0.6) is 5.75 Å². The van der Waals surface area contributed by atoms with Gasteiger partial charge in [-0.3, -0.25) is 0 Å². The standard InChI is InChI=1S/C17H18N2O2/c1-12-18-11-15-10-17(21-8-7-20-2)14(9-16(15)19-12)6-5-13-3-4-13/h9-11,13H,3-4,7-8H2,1-2H3. The molecule has 0 radical (unpaired) electrons. The fourth-order valence-corrected chi connectivity index (χ4v) is 2.01. The monoisotopic (exact) mass is 282 g/mol. The van der Waals surface area contributed by atoms with Crippen molar-refractivity contribution in [1.29, 1.82) is 0 Å². The predicted molar refractivity (Wildman–Crippen MR) is 81.2 cm³/mol. The van der Waals surface area contributed by atoms with Crippen LogP contribution in [0.15, 0.2) is 18.3 Å². The molecule has 1 aromatic heterocycles. The maximum absolute atomic E-state index is 5.79. The van der Waals surface area contributed by atoms with Crippen molar-refractivity contribution in [1.82, 2.24) is 9.97 Å². The molecule has 0 aliphatic heterocycles. The van der Waals surface area contributed by atoms with E-state index >= 15 is 0 Å². The van der Waals surface area contributed by atoms with Crippen molar-refractivity contribution in [2.75, 3.05) is 20.3 Å². The quantitative estimate of drug-likeness (QED) is 0.639. The third kappa shape index (κ3) is 3.50. The van der Waals surface area contributed by atoms with Crippen molar-refractivity contribution < 1.29 is 9.47 Å². The van der Waals surface area contributed by atoms with Gasteiger partial charge in [-0.15, -0.1) is 0 Å². The lowest BCUT2D eigenvalue weighted by Crippen LogP contribution is -2.05. The Morgan fingerprint density at radius 1 is 1.29 bits per heavy atom. The van der Waals surface area contributed by atoms with Crippen molar-refractivity contribution >= 4 is 10.9 Å². The molecule has 0 unspecified atom stereocenters. The van der Waals surface area contributed by atoms with Crippen LogP contribution in [0.3, 0.4) is 0 Å². The molecule has 0 bridgehead atoms. The van der Waals surface area contributed by atoms with Crippen LogP contribution >= 0.6 is 0 Å². The molecule has 2 aromatic rings. The van der Waals surface area contributed by atoms with Gasteiger partial charge in [-0.05, 0) is 31.9 Å². The third-order valence-electron chi connectivity index (χ3n) is 3.33. The summed E-state index contributed by atoms with van der Waals surface area (Å²) in [5.74, 6) is 8.61. The molecule has 1 aromatic carbocycles. The van der Waals surface area contributed by atoms with Gasteiger partial charge in [-0.2, -0.15) is 0 Å². The molecule has 1 aliphatic carbocycles. The highest BCUT2D eigenvalue weighted by atomic mass is 16.5. The molecule has 1 fully saturated rings. The second kappa shape index (κ2) is 6.11. The maximum Gasteiger partial charge on any atom is 0.135 e. The Kier molecular flexibility index (Phi) is 4.03. The summed E-state index contributed by atoms with van der Waals surface area (Å²) >= 11 is 0. The SMILES string of the molecule is COCCOc1cc2cnc(C)nc2cc1C#CC1CC1. The molecular formula is C17H18N2O2. The number of fused-ring (bicyclic) bond motifs is 1. The van der Waals surface area contributed by atoms with Crippen LogP contribution in [0, 0.1) is 24.7 Å². The lowest BCUT2D eigenvalue weighted by molar-refractivity contribution is 0.146. The van der Waals surface area contributed by atoms with Gasteiger partial charge < -0.3 is 9.47 Å². The lowest BCUT2D eigenvalue weighted by atomic mass is 10.1. The zero-order chi connectivity index (χ0) is 14.7. The Bertz CT molecular complexity index is 712. The molecule has 0 N–H and O–H groups in total. The van der Waals surface area contributed by atoms with Crippen LogP contribution in [-0.4, -0.2) is 30.3 Å². The summed E-state index contributed by atoms with van der Waals surface area (Å²) in [6.45, 7) is 2.95. The number of nitrogens with zero attached hydrogens (tertiary/aromatic N) is 2. The summed E-state index contributed by atoms with van der Waals surface area (Å²) in [7, 11) is 1.66. The number of rotatable bonds is 4. The molecule has 21 heavy (non-hydrogen) atoms. The topological polar surface area (TPSA) is 44.2 Å². The molecule has 1 saturated carbocycles.